The van der Waals surface area contributed by atoms with Crippen LogP contribution < -0.4 is 15.4 Å². The van der Waals surface area contributed by atoms with E-state index in [0.29, 0.717) is 34.4 Å². The summed E-state index contributed by atoms with van der Waals surface area (Å²) in [7, 11) is -4.04. The number of unbranched alkanes of at least 4 members (excludes halogenated alkanes) is 1. The van der Waals surface area contributed by atoms with Crippen molar-refractivity contribution in [1.82, 2.24) is 15.0 Å². The van der Waals surface area contributed by atoms with E-state index in [9.17, 15) is 18.0 Å². The Kier molecular flexibility index (Phi) is 7.42. The molecule has 0 bridgehead atoms. The lowest BCUT2D eigenvalue weighted by atomic mass is 10.1. The molecule has 0 saturated heterocycles. The fourth-order valence-corrected chi connectivity index (χ4v) is 5.04. The number of thiophene rings is 1. The van der Waals surface area contributed by atoms with Gasteiger partial charge in [-0.25, -0.2) is 22.9 Å². The van der Waals surface area contributed by atoms with Gasteiger partial charge in [0.15, 0.2) is 0 Å². The van der Waals surface area contributed by atoms with Gasteiger partial charge < -0.3 is 10.6 Å². The first-order chi connectivity index (χ1) is 16.9. The van der Waals surface area contributed by atoms with Gasteiger partial charge in [-0.15, -0.1) is 11.3 Å². The third-order valence-corrected chi connectivity index (χ3v) is 7.44. The number of fused-ring (bicyclic) bond motifs is 1. The highest BCUT2D eigenvalue weighted by Gasteiger charge is 2.18. The largest absolute Gasteiger partial charge is 0.337 e. The minimum absolute atomic E-state index is 0.0875. The van der Waals surface area contributed by atoms with Crippen molar-refractivity contribution in [3.8, 4) is 10.6 Å². The minimum atomic E-state index is -4.04. The topological polar surface area (TPSA) is 117 Å². The summed E-state index contributed by atoms with van der Waals surface area (Å²) < 4.78 is 26.9. The molecular formula is C25H24N4O4S2. The standard InChI is InChI=1S/C25H24N4O4S2/c1-2-3-14-26-25(31)29-35(32,33)18-12-10-17(11-13-18)27-24(30)20-16-22(23-9-6-15-34-23)28-21-8-5-4-7-19(20)21/h4-13,15-16H,2-3,14H2,1H3,(H,27,30)(H2,26,29,31). The molecule has 180 valence electrons. The molecule has 0 unspecified atom stereocenters. The minimum Gasteiger partial charge on any atom is -0.337 e. The second-order valence-corrected chi connectivity index (χ2v) is 10.4. The predicted octanol–water partition coefficient (Wildman–Crippen LogP) is 5.00. The molecule has 35 heavy (non-hydrogen) atoms. The smallest absolute Gasteiger partial charge is 0.328 e. The summed E-state index contributed by atoms with van der Waals surface area (Å²) in [4.78, 5) is 30.6. The van der Waals surface area contributed by atoms with Crippen molar-refractivity contribution in [2.45, 2.75) is 24.7 Å². The van der Waals surface area contributed by atoms with Crippen LogP contribution >= 0.6 is 11.3 Å². The zero-order chi connectivity index (χ0) is 24.8. The lowest BCUT2D eigenvalue weighted by Gasteiger charge is -2.11. The Morgan fingerprint density at radius 2 is 1.77 bits per heavy atom. The number of para-hydroxylation sites is 1. The van der Waals surface area contributed by atoms with Gasteiger partial charge in [0, 0.05) is 17.6 Å². The first-order valence-corrected chi connectivity index (χ1v) is 13.4. The van der Waals surface area contributed by atoms with Crippen LogP contribution in [0, 0.1) is 0 Å². The monoisotopic (exact) mass is 508 g/mol. The average Bonchev–Trinajstić information content (AvgIpc) is 3.39. The summed E-state index contributed by atoms with van der Waals surface area (Å²) in [6.07, 6.45) is 1.63. The zero-order valence-corrected chi connectivity index (χ0v) is 20.6. The van der Waals surface area contributed by atoms with E-state index in [1.807, 2.05) is 53.4 Å². The lowest BCUT2D eigenvalue weighted by Crippen LogP contribution is -2.39. The number of carbonyl (C=O) groups excluding carboxylic acids is 2. The molecule has 0 saturated carbocycles. The van der Waals surface area contributed by atoms with Crippen LogP contribution in [0.3, 0.4) is 0 Å². The molecule has 2 aromatic carbocycles. The first kappa shape index (κ1) is 24.4. The van der Waals surface area contributed by atoms with Crippen molar-refractivity contribution < 1.29 is 18.0 Å². The van der Waals surface area contributed by atoms with Crippen molar-refractivity contribution >= 4 is 49.9 Å². The van der Waals surface area contributed by atoms with Crippen molar-refractivity contribution in [2.24, 2.45) is 0 Å². The molecule has 0 atom stereocenters. The normalized spacial score (nSPS) is 11.2. The van der Waals surface area contributed by atoms with Gasteiger partial charge >= 0.3 is 6.03 Å². The number of aromatic nitrogens is 1. The number of hydrogen-bond donors (Lipinski definition) is 3. The number of urea groups is 1. The number of pyridine rings is 1. The molecule has 4 rings (SSSR count). The number of benzene rings is 2. The third kappa shape index (κ3) is 5.84. The average molecular weight is 509 g/mol. The van der Waals surface area contributed by atoms with E-state index in [4.69, 9.17) is 0 Å². The van der Waals surface area contributed by atoms with Crippen LogP contribution in [0.5, 0.6) is 0 Å². The summed E-state index contributed by atoms with van der Waals surface area (Å²) >= 11 is 1.54. The first-order valence-electron chi connectivity index (χ1n) is 11.0. The van der Waals surface area contributed by atoms with E-state index in [0.717, 1.165) is 17.7 Å². The van der Waals surface area contributed by atoms with Crippen LogP contribution in [0.15, 0.2) is 77.0 Å². The fourth-order valence-electron chi connectivity index (χ4n) is 3.43. The van der Waals surface area contributed by atoms with Gasteiger partial charge in [0.25, 0.3) is 15.9 Å². The van der Waals surface area contributed by atoms with E-state index >= 15 is 0 Å². The van der Waals surface area contributed by atoms with Gasteiger partial charge in [-0.05, 0) is 54.3 Å². The molecule has 10 heteroatoms. The third-order valence-electron chi connectivity index (χ3n) is 5.20. The molecule has 2 aromatic heterocycles. The van der Waals surface area contributed by atoms with Gasteiger partial charge in [0.1, 0.15) is 0 Å². The Morgan fingerprint density at radius 3 is 2.49 bits per heavy atom. The summed E-state index contributed by atoms with van der Waals surface area (Å²) in [5.41, 5.74) is 2.28. The Morgan fingerprint density at radius 1 is 1.00 bits per heavy atom. The molecule has 8 nitrogen and oxygen atoms in total. The Balaban J connectivity index is 1.52. The van der Waals surface area contributed by atoms with E-state index < -0.39 is 16.1 Å². The predicted molar refractivity (Wildman–Crippen MR) is 138 cm³/mol. The van der Waals surface area contributed by atoms with Crippen molar-refractivity contribution in [3.05, 3.63) is 77.7 Å². The van der Waals surface area contributed by atoms with E-state index in [1.54, 1.807) is 6.07 Å². The van der Waals surface area contributed by atoms with E-state index in [2.05, 4.69) is 15.6 Å². The van der Waals surface area contributed by atoms with Crippen LogP contribution in [0.4, 0.5) is 10.5 Å². The van der Waals surface area contributed by atoms with Crippen LogP contribution in [0.2, 0.25) is 0 Å². The van der Waals surface area contributed by atoms with E-state index in [-0.39, 0.29) is 10.8 Å². The molecule has 0 radical (unpaired) electrons. The number of anilines is 1. The van der Waals surface area contributed by atoms with Crippen molar-refractivity contribution in [1.29, 1.82) is 0 Å². The highest BCUT2D eigenvalue weighted by Crippen LogP contribution is 2.28. The maximum absolute atomic E-state index is 13.2. The lowest BCUT2D eigenvalue weighted by molar-refractivity contribution is 0.102. The van der Waals surface area contributed by atoms with Gasteiger partial charge in [-0.3, -0.25) is 4.79 Å². The molecule has 4 aromatic rings. The molecule has 0 aliphatic rings. The molecule has 0 spiro atoms. The second kappa shape index (κ2) is 10.7. The van der Waals surface area contributed by atoms with Crippen molar-refractivity contribution in [2.75, 3.05) is 11.9 Å². The SMILES string of the molecule is CCCCNC(=O)NS(=O)(=O)c1ccc(NC(=O)c2cc(-c3cccs3)nc3ccccc23)cc1. The highest BCUT2D eigenvalue weighted by atomic mass is 32.2. The fraction of sp³-hybridized carbons (Fsp3) is 0.160. The molecule has 0 aliphatic heterocycles. The molecule has 0 aliphatic carbocycles. The van der Waals surface area contributed by atoms with Crippen LogP contribution in [0.25, 0.3) is 21.5 Å². The maximum atomic E-state index is 13.2. The zero-order valence-electron chi connectivity index (χ0n) is 18.9. The number of sulfonamides is 1. The number of nitrogens with one attached hydrogen (secondary N) is 3. The summed E-state index contributed by atoms with van der Waals surface area (Å²) in [5, 5.41) is 7.98. The Hall–Kier alpha value is -3.76. The number of hydrogen-bond acceptors (Lipinski definition) is 6. The van der Waals surface area contributed by atoms with Crippen LogP contribution in [-0.2, 0) is 10.0 Å². The Labute approximate surface area is 207 Å². The number of nitrogens with zero attached hydrogens (tertiary/aromatic N) is 1. The summed E-state index contributed by atoms with van der Waals surface area (Å²) in [6.45, 7) is 2.36. The number of rotatable bonds is 8. The quantitative estimate of drug-likeness (QED) is 0.290. The molecule has 0 fully saturated rings. The van der Waals surface area contributed by atoms with E-state index in [1.165, 1.54) is 35.6 Å². The molecular weight excluding hydrogens is 484 g/mol. The molecule has 3 amide bonds. The second-order valence-electron chi connectivity index (χ2n) is 7.74. The van der Waals surface area contributed by atoms with Crippen LogP contribution in [0.1, 0.15) is 30.1 Å². The molecule has 2 heterocycles. The van der Waals surface area contributed by atoms with Gasteiger partial charge in [-0.2, -0.15) is 0 Å². The van der Waals surface area contributed by atoms with Gasteiger partial charge in [0.2, 0.25) is 0 Å². The highest BCUT2D eigenvalue weighted by molar-refractivity contribution is 7.90. The van der Waals surface area contributed by atoms with Crippen LogP contribution in [-0.4, -0.2) is 31.9 Å². The molecule has 3 N–H and O–H groups in total. The van der Waals surface area contributed by atoms with Crippen molar-refractivity contribution in [3.63, 3.8) is 0 Å². The number of amides is 3. The summed E-state index contributed by atoms with van der Waals surface area (Å²) in [6, 6.07) is 17.9. The summed E-state index contributed by atoms with van der Waals surface area (Å²) in [5.74, 6) is -0.342. The van der Waals surface area contributed by atoms with Gasteiger partial charge in [0.05, 0.1) is 26.5 Å². The van der Waals surface area contributed by atoms with Gasteiger partial charge in [-0.1, -0.05) is 37.6 Å². The number of carbonyl (C=O) groups is 2. The Bertz CT molecular complexity index is 1450. The maximum Gasteiger partial charge on any atom is 0.328 e.